The highest BCUT2D eigenvalue weighted by molar-refractivity contribution is 9.11. The molecule has 0 saturated heterocycles. The van der Waals surface area contributed by atoms with E-state index >= 15 is 0 Å². The molecule has 0 N–H and O–H groups in total. The maximum Gasteiger partial charge on any atom is 0.270 e. The summed E-state index contributed by atoms with van der Waals surface area (Å²) in [7, 11) is 0. The first-order chi connectivity index (χ1) is 12.1. The minimum atomic E-state index is -0.0807. The number of benzene rings is 1. The highest BCUT2D eigenvalue weighted by Crippen LogP contribution is 2.33. The number of halogens is 1. The third-order valence-corrected chi connectivity index (χ3v) is 6.34. The van der Waals surface area contributed by atoms with Gasteiger partial charge in [0.25, 0.3) is 5.91 Å². The molecule has 25 heavy (non-hydrogen) atoms. The fourth-order valence-electron chi connectivity index (χ4n) is 2.48. The third kappa shape index (κ3) is 3.40. The molecule has 0 radical (unpaired) electrons. The molecule has 3 aromatic heterocycles. The minimum Gasteiger partial charge on any atom is -0.467 e. The Kier molecular flexibility index (Phi) is 4.45. The van der Waals surface area contributed by atoms with Crippen LogP contribution in [-0.4, -0.2) is 10.9 Å². The van der Waals surface area contributed by atoms with Crippen molar-refractivity contribution in [3.05, 3.63) is 68.7 Å². The molecule has 0 saturated carbocycles. The van der Waals surface area contributed by atoms with Crippen LogP contribution in [0.2, 0.25) is 0 Å². The van der Waals surface area contributed by atoms with Crippen molar-refractivity contribution in [2.75, 3.05) is 4.90 Å². The number of thiazole rings is 1. The van der Waals surface area contributed by atoms with Gasteiger partial charge in [-0.25, -0.2) is 4.98 Å². The number of nitrogens with zero attached hydrogens (tertiary/aromatic N) is 2. The van der Waals surface area contributed by atoms with Crippen LogP contribution in [-0.2, 0) is 6.54 Å². The van der Waals surface area contributed by atoms with E-state index in [1.54, 1.807) is 11.2 Å². The number of furan rings is 1. The number of aromatic nitrogens is 1. The number of rotatable bonds is 4. The third-order valence-electron chi connectivity index (χ3n) is 3.69. The second-order valence-corrected chi connectivity index (χ2v) is 9.01. The van der Waals surface area contributed by atoms with Crippen molar-refractivity contribution < 1.29 is 9.21 Å². The van der Waals surface area contributed by atoms with Crippen LogP contribution in [0.25, 0.3) is 10.2 Å². The van der Waals surface area contributed by atoms with Crippen molar-refractivity contribution >= 4 is 59.9 Å². The number of thiophene rings is 1. The average molecular weight is 433 g/mol. The molecule has 0 aliphatic rings. The van der Waals surface area contributed by atoms with E-state index in [4.69, 9.17) is 4.42 Å². The van der Waals surface area contributed by atoms with Crippen LogP contribution in [0.15, 0.2) is 56.9 Å². The smallest absolute Gasteiger partial charge is 0.270 e. The highest BCUT2D eigenvalue weighted by atomic mass is 79.9. The van der Waals surface area contributed by atoms with Gasteiger partial charge in [-0.1, -0.05) is 17.4 Å². The van der Waals surface area contributed by atoms with Gasteiger partial charge in [-0.3, -0.25) is 9.69 Å². The summed E-state index contributed by atoms with van der Waals surface area (Å²) in [6.07, 6.45) is 1.61. The zero-order chi connectivity index (χ0) is 17.4. The second kappa shape index (κ2) is 6.74. The summed E-state index contributed by atoms with van der Waals surface area (Å²) >= 11 is 6.35. The molecule has 3 heterocycles. The van der Waals surface area contributed by atoms with Gasteiger partial charge in [0.05, 0.1) is 31.7 Å². The lowest BCUT2D eigenvalue weighted by Gasteiger charge is -2.17. The minimum absolute atomic E-state index is 0.0807. The molecular formula is C18H13BrN2O2S2. The summed E-state index contributed by atoms with van der Waals surface area (Å²) in [6.45, 7) is 2.40. The van der Waals surface area contributed by atoms with Gasteiger partial charge in [-0.15, -0.1) is 11.3 Å². The zero-order valence-electron chi connectivity index (χ0n) is 13.2. The van der Waals surface area contributed by atoms with Crippen molar-refractivity contribution in [2.24, 2.45) is 0 Å². The number of aryl methyl sites for hydroxylation is 1. The van der Waals surface area contributed by atoms with E-state index in [1.165, 1.54) is 28.2 Å². The van der Waals surface area contributed by atoms with Gasteiger partial charge in [-0.2, -0.15) is 0 Å². The summed E-state index contributed by atoms with van der Waals surface area (Å²) in [5, 5.41) is 0.673. The molecule has 1 amide bonds. The number of hydrogen-bond acceptors (Lipinski definition) is 5. The first-order valence-electron chi connectivity index (χ1n) is 7.57. The topological polar surface area (TPSA) is 46.3 Å². The molecule has 7 heteroatoms. The van der Waals surface area contributed by atoms with Crippen LogP contribution < -0.4 is 4.90 Å². The van der Waals surface area contributed by atoms with Crippen LogP contribution in [0.4, 0.5) is 5.13 Å². The molecule has 0 bridgehead atoms. The first-order valence-corrected chi connectivity index (χ1v) is 9.99. The van der Waals surface area contributed by atoms with E-state index in [-0.39, 0.29) is 5.91 Å². The fourth-order valence-corrected chi connectivity index (χ4v) is 4.88. The summed E-state index contributed by atoms with van der Waals surface area (Å²) in [6, 6.07) is 13.5. The summed E-state index contributed by atoms with van der Waals surface area (Å²) in [5.74, 6) is 0.641. The monoisotopic (exact) mass is 432 g/mol. The van der Waals surface area contributed by atoms with Gasteiger partial charge in [0.15, 0.2) is 5.13 Å². The maximum atomic E-state index is 13.1. The molecule has 4 nitrogen and oxygen atoms in total. The predicted octanol–water partition coefficient (Wildman–Crippen LogP) is 5.87. The van der Waals surface area contributed by atoms with Gasteiger partial charge < -0.3 is 4.42 Å². The summed E-state index contributed by atoms with van der Waals surface area (Å²) < 4.78 is 7.44. The van der Waals surface area contributed by atoms with E-state index in [0.717, 1.165) is 19.8 Å². The number of fused-ring (bicyclic) bond motifs is 1. The lowest BCUT2D eigenvalue weighted by Crippen LogP contribution is -2.29. The molecule has 0 atom stereocenters. The van der Waals surface area contributed by atoms with Crippen molar-refractivity contribution in [1.29, 1.82) is 0 Å². The Morgan fingerprint density at radius 1 is 1.24 bits per heavy atom. The molecule has 4 rings (SSSR count). The molecule has 0 unspecified atom stereocenters. The molecule has 4 aromatic rings. The predicted molar refractivity (Wildman–Crippen MR) is 106 cm³/mol. The lowest BCUT2D eigenvalue weighted by molar-refractivity contribution is 0.0987. The van der Waals surface area contributed by atoms with Crippen LogP contribution in [0.3, 0.4) is 0 Å². The van der Waals surface area contributed by atoms with Crippen LogP contribution in [0.5, 0.6) is 0 Å². The van der Waals surface area contributed by atoms with Gasteiger partial charge in [0.1, 0.15) is 5.76 Å². The second-order valence-electron chi connectivity index (χ2n) is 5.54. The summed E-state index contributed by atoms with van der Waals surface area (Å²) in [4.78, 5) is 20.1. The molecule has 0 fully saturated rings. The Balaban J connectivity index is 1.76. The molecule has 0 aliphatic heterocycles. The summed E-state index contributed by atoms with van der Waals surface area (Å²) in [5.41, 5.74) is 2.07. The van der Waals surface area contributed by atoms with Crippen LogP contribution in [0, 0.1) is 6.92 Å². The van der Waals surface area contributed by atoms with E-state index in [1.807, 2.05) is 43.3 Å². The number of carbonyl (C=O) groups excluding carboxylic acids is 1. The van der Waals surface area contributed by atoms with Crippen LogP contribution >= 0.6 is 38.6 Å². The van der Waals surface area contributed by atoms with Gasteiger partial charge in [0.2, 0.25) is 0 Å². The average Bonchev–Trinajstić information content (AvgIpc) is 3.31. The van der Waals surface area contributed by atoms with Gasteiger partial charge >= 0.3 is 0 Å². The highest BCUT2D eigenvalue weighted by Gasteiger charge is 2.24. The largest absolute Gasteiger partial charge is 0.467 e. The number of carbonyl (C=O) groups is 1. The van der Waals surface area contributed by atoms with E-state index in [2.05, 4.69) is 27.0 Å². The Hall–Kier alpha value is -1.96. The van der Waals surface area contributed by atoms with Crippen molar-refractivity contribution in [3.63, 3.8) is 0 Å². The van der Waals surface area contributed by atoms with E-state index in [9.17, 15) is 4.79 Å². The molecule has 0 aliphatic carbocycles. The maximum absolute atomic E-state index is 13.1. The van der Waals surface area contributed by atoms with Crippen molar-refractivity contribution in [1.82, 2.24) is 4.98 Å². The number of anilines is 1. The normalized spacial score (nSPS) is 11.1. The molecule has 0 spiro atoms. The van der Waals surface area contributed by atoms with Crippen molar-refractivity contribution in [3.8, 4) is 0 Å². The number of hydrogen-bond donors (Lipinski definition) is 0. The van der Waals surface area contributed by atoms with E-state index < -0.39 is 0 Å². The van der Waals surface area contributed by atoms with Crippen LogP contribution in [0.1, 0.15) is 21.0 Å². The first kappa shape index (κ1) is 16.5. The molecule has 126 valence electrons. The molecule has 1 aromatic carbocycles. The zero-order valence-corrected chi connectivity index (χ0v) is 16.5. The SMILES string of the molecule is Cc1ccc2nc(N(Cc3ccco3)C(=O)c3ccc(Br)s3)sc2c1. The van der Waals surface area contributed by atoms with E-state index in [0.29, 0.717) is 16.6 Å². The Morgan fingerprint density at radius 2 is 2.12 bits per heavy atom. The standard InChI is InChI=1S/C18H13BrN2O2S2/c1-11-4-5-13-15(9-11)25-18(20-13)21(10-12-3-2-8-23-12)17(22)14-6-7-16(19)24-14/h2-9H,10H2,1H3. The number of amides is 1. The van der Waals surface area contributed by atoms with Gasteiger partial charge in [0, 0.05) is 0 Å². The van der Waals surface area contributed by atoms with Gasteiger partial charge in [-0.05, 0) is 64.8 Å². The Bertz CT molecular complexity index is 1040. The Labute approximate surface area is 160 Å². The quantitative estimate of drug-likeness (QED) is 0.405. The van der Waals surface area contributed by atoms with Crippen molar-refractivity contribution in [2.45, 2.75) is 13.5 Å². The fraction of sp³-hybridized carbons (Fsp3) is 0.111. The Morgan fingerprint density at radius 3 is 2.84 bits per heavy atom. The lowest BCUT2D eigenvalue weighted by atomic mass is 10.2. The molecular weight excluding hydrogens is 420 g/mol.